The summed E-state index contributed by atoms with van der Waals surface area (Å²) in [4.78, 5) is 12.1. The highest BCUT2D eigenvalue weighted by molar-refractivity contribution is 5.86. The predicted molar refractivity (Wildman–Crippen MR) is 69.2 cm³/mol. The summed E-state index contributed by atoms with van der Waals surface area (Å²) in [5.41, 5.74) is -1.05. The van der Waals surface area contributed by atoms with Gasteiger partial charge < -0.3 is 15.2 Å². The topological polar surface area (TPSA) is 58.6 Å². The highest BCUT2D eigenvalue weighted by atomic mass is 16.5. The highest BCUT2D eigenvalue weighted by Crippen LogP contribution is 2.49. The van der Waals surface area contributed by atoms with E-state index in [2.05, 4.69) is 19.2 Å². The van der Waals surface area contributed by atoms with E-state index < -0.39 is 5.60 Å². The van der Waals surface area contributed by atoms with Gasteiger partial charge in [0.2, 0.25) is 0 Å². The molecule has 2 aliphatic carbocycles. The SMILES string of the molecule is CCC1(CC)[C@@H](NC(=O)C2(O)CCC2)C[C@@H]1OC. The molecule has 0 heterocycles. The summed E-state index contributed by atoms with van der Waals surface area (Å²) in [5, 5.41) is 13.1. The maximum atomic E-state index is 12.1. The van der Waals surface area contributed by atoms with Crippen LogP contribution in [0.15, 0.2) is 0 Å². The third kappa shape index (κ3) is 1.86. The maximum absolute atomic E-state index is 12.1. The lowest BCUT2D eigenvalue weighted by atomic mass is 9.58. The van der Waals surface area contributed by atoms with Gasteiger partial charge in [0.15, 0.2) is 0 Å². The van der Waals surface area contributed by atoms with Crippen molar-refractivity contribution >= 4 is 5.91 Å². The molecular weight excluding hydrogens is 230 g/mol. The number of rotatable bonds is 5. The molecule has 0 bridgehead atoms. The third-order valence-corrected chi connectivity index (χ3v) is 5.29. The van der Waals surface area contributed by atoms with Crippen LogP contribution in [0, 0.1) is 5.41 Å². The molecule has 2 aliphatic rings. The summed E-state index contributed by atoms with van der Waals surface area (Å²) in [6, 6.07) is 0.148. The molecule has 0 aromatic heterocycles. The Morgan fingerprint density at radius 1 is 1.39 bits per heavy atom. The van der Waals surface area contributed by atoms with Crippen LogP contribution in [0.1, 0.15) is 52.4 Å². The fourth-order valence-electron chi connectivity index (χ4n) is 3.51. The Bertz CT molecular complexity index is 321. The van der Waals surface area contributed by atoms with Gasteiger partial charge in [-0.05, 0) is 38.5 Å². The Morgan fingerprint density at radius 3 is 2.39 bits per heavy atom. The van der Waals surface area contributed by atoms with Crippen molar-refractivity contribution in [1.82, 2.24) is 5.32 Å². The normalized spacial score (nSPS) is 32.2. The quantitative estimate of drug-likeness (QED) is 0.784. The number of aliphatic hydroxyl groups is 1. The van der Waals surface area contributed by atoms with Crippen LogP contribution in [0.4, 0.5) is 0 Å². The van der Waals surface area contributed by atoms with Crippen molar-refractivity contribution in [3.63, 3.8) is 0 Å². The van der Waals surface area contributed by atoms with E-state index in [1.54, 1.807) is 7.11 Å². The smallest absolute Gasteiger partial charge is 0.252 e. The molecule has 0 aromatic rings. The van der Waals surface area contributed by atoms with E-state index >= 15 is 0 Å². The van der Waals surface area contributed by atoms with E-state index in [1.165, 1.54) is 0 Å². The number of hydrogen-bond donors (Lipinski definition) is 2. The van der Waals surface area contributed by atoms with Gasteiger partial charge in [0, 0.05) is 18.6 Å². The second-order valence-electron chi connectivity index (χ2n) is 5.81. The zero-order valence-corrected chi connectivity index (χ0v) is 11.7. The molecule has 2 N–H and O–H groups in total. The number of carbonyl (C=O) groups is 1. The molecule has 18 heavy (non-hydrogen) atoms. The van der Waals surface area contributed by atoms with Crippen molar-refractivity contribution in [3.8, 4) is 0 Å². The van der Waals surface area contributed by atoms with Crippen LogP contribution >= 0.6 is 0 Å². The first-order valence-electron chi connectivity index (χ1n) is 7.08. The molecule has 2 atom stereocenters. The molecule has 0 saturated heterocycles. The van der Waals surface area contributed by atoms with E-state index in [4.69, 9.17) is 4.74 Å². The summed E-state index contributed by atoms with van der Waals surface area (Å²) < 4.78 is 5.51. The molecule has 0 unspecified atom stereocenters. The van der Waals surface area contributed by atoms with E-state index in [0.29, 0.717) is 12.8 Å². The number of carbonyl (C=O) groups excluding carboxylic acids is 1. The monoisotopic (exact) mass is 255 g/mol. The van der Waals surface area contributed by atoms with Gasteiger partial charge in [-0.2, -0.15) is 0 Å². The lowest BCUT2D eigenvalue weighted by Crippen LogP contribution is -2.67. The average molecular weight is 255 g/mol. The largest absolute Gasteiger partial charge is 0.381 e. The van der Waals surface area contributed by atoms with Gasteiger partial charge in [0.25, 0.3) is 5.91 Å². The van der Waals surface area contributed by atoms with Crippen LogP contribution in [0.25, 0.3) is 0 Å². The van der Waals surface area contributed by atoms with Crippen molar-refractivity contribution < 1.29 is 14.6 Å². The number of ether oxygens (including phenoxy) is 1. The fourth-order valence-corrected chi connectivity index (χ4v) is 3.51. The van der Waals surface area contributed by atoms with Crippen LogP contribution in [-0.4, -0.2) is 35.9 Å². The predicted octanol–water partition coefficient (Wildman–Crippen LogP) is 1.61. The second-order valence-corrected chi connectivity index (χ2v) is 5.81. The lowest BCUT2D eigenvalue weighted by molar-refractivity contribution is -0.161. The summed E-state index contributed by atoms with van der Waals surface area (Å²) >= 11 is 0. The van der Waals surface area contributed by atoms with E-state index in [0.717, 1.165) is 25.7 Å². The van der Waals surface area contributed by atoms with Crippen LogP contribution in [0.5, 0.6) is 0 Å². The summed E-state index contributed by atoms with van der Waals surface area (Å²) in [7, 11) is 1.74. The first-order chi connectivity index (χ1) is 8.52. The van der Waals surface area contributed by atoms with E-state index in [-0.39, 0.29) is 23.5 Å². The summed E-state index contributed by atoms with van der Waals surface area (Å²) in [6.07, 6.45) is 5.22. The second kappa shape index (κ2) is 4.82. The number of hydrogen-bond acceptors (Lipinski definition) is 3. The lowest BCUT2D eigenvalue weighted by Gasteiger charge is -2.55. The van der Waals surface area contributed by atoms with Crippen LogP contribution < -0.4 is 5.32 Å². The van der Waals surface area contributed by atoms with Crippen molar-refractivity contribution in [1.29, 1.82) is 0 Å². The number of methoxy groups -OCH3 is 1. The molecule has 2 fully saturated rings. The fraction of sp³-hybridized carbons (Fsp3) is 0.929. The van der Waals surface area contributed by atoms with Gasteiger partial charge in [0.1, 0.15) is 5.60 Å². The summed E-state index contributed by atoms with van der Waals surface area (Å²) in [5.74, 6) is -0.181. The average Bonchev–Trinajstić information content (AvgIpc) is 2.32. The number of nitrogens with one attached hydrogen (secondary N) is 1. The molecule has 0 radical (unpaired) electrons. The minimum Gasteiger partial charge on any atom is -0.381 e. The van der Waals surface area contributed by atoms with Crippen molar-refractivity contribution in [2.45, 2.75) is 70.1 Å². The molecule has 0 spiro atoms. The van der Waals surface area contributed by atoms with Crippen molar-refractivity contribution in [2.24, 2.45) is 5.41 Å². The molecule has 104 valence electrons. The molecule has 2 saturated carbocycles. The third-order valence-electron chi connectivity index (χ3n) is 5.29. The van der Waals surface area contributed by atoms with Gasteiger partial charge in [-0.1, -0.05) is 13.8 Å². The van der Waals surface area contributed by atoms with E-state index in [9.17, 15) is 9.90 Å². The van der Waals surface area contributed by atoms with Gasteiger partial charge in [0.05, 0.1) is 6.10 Å². The Balaban J connectivity index is 1.99. The standard InChI is InChI=1S/C14H25NO3/c1-4-13(5-2)10(9-11(13)18-3)15-12(16)14(17)7-6-8-14/h10-11,17H,4-9H2,1-3H3,(H,15,16)/t10-,11-/m0/s1. The number of amides is 1. The highest BCUT2D eigenvalue weighted by Gasteiger charge is 2.55. The zero-order chi connectivity index (χ0) is 13.4. The van der Waals surface area contributed by atoms with Crippen molar-refractivity contribution in [3.05, 3.63) is 0 Å². The molecule has 0 aromatic carbocycles. The molecule has 1 amide bonds. The minimum absolute atomic E-state index is 0.0461. The Hall–Kier alpha value is -0.610. The van der Waals surface area contributed by atoms with Gasteiger partial charge in [-0.15, -0.1) is 0 Å². The van der Waals surface area contributed by atoms with E-state index in [1.807, 2.05) is 0 Å². The van der Waals surface area contributed by atoms with Crippen LogP contribution in [0.2, 0.25) is 0 Å². The van der Waals surface area contributed by atoms with Gasteiger partial charge >= 0.3 is 0 Å². The molecule has 4 heteroatoms. The maximum Gasteiger partial charge on any atom is 0.252 e. The first kappa shape index (κ1) is 13.8. The summed E-state index contributed by atoms with van der Waals surface area (Å²) in [6.45, 7) is 4.29. The molecule has 2 rings (SSSR count). The van der Waals surface area contributed by atoms with Gasteiger partial charge in [-0.3, -0.25) is 4.79 Å². The first-order valence-corrected chi connectivity index (χ1v) is 7.08. The zero-order valence-electron chi connectivity index (χ0n) is 11.7. The Morgan fingerprint density at radius 2 is 2.00 bits per heavy atom. The molecular formula is C14H25NO3. The van der Waals surface area contributed by atoms with Gasteiger partial charge in [-0.25, -0.2) is 0 Å². The van der Waals surface area contributed by atoms with Crippen LogP contribution in [-0.2, 0) is 9.53 Å². The van der Waals surface area contributed by atoms with Crippen LogP contribution in [0.3, 0.4) is 0 Å². The minimum atomic E-state index is -1.09. The Kier molecular flexibility index (Phi) is 3.70. The Labute approximate surface area is 109 Å². The van der Waals surface area contributed by atoms with Crippen molar-refractivity contribution in [2.75, 3.05) is 7.11 Å². The molecule has 4 nitrogen and oxygen atoms in total. The molecule has 0 aliphatic heterocycles.